The second kappa shape index (κ2) is 10.8. The number of rotatable bonds is 8. The van der Waals surface area contributed by atoms with Gasteiger partial charge < -0.3 is 20.5 Å². The van der Waals surface area contributed by atoms with Crippen molar-refractivity contribution < 1.29 is 14.0 Å². The number of H-pyrrole nitrogens is 1. The van der Waals surface area contributed by atoms with Gasteiger partial charge in [-0.1, -0.05) is 36.5 Å². The van der Waals surface area contributed by atoms with Gasteiger partial charge in [-0.05, 0) is 56.9 Å². The fourth-order valence-electron chi connectivity index (χ4n) is 4.94. The molecule has 4 aromatic rings. The van der Waals surface area contributed by atoms with E-state index in [9.17, 15) is 14.0 Å². The van der Waals surface area contributed by atoms with Gasteiger partial charge in [0.2, 0.25) is 11.8 Å². The summed E-state index contributed by atoms with van der Waals surface area (Å²) in [4.78, 5) is 40.9. The number of likely N-dealkylation sites (tertiary alicyclic amines) is 1. The number of carbonyl (C=O) groups excluding carboxylic acids is 2. The van der Waals surface area contributed by atoms with Gasteiger partial charge in [-0.3, -0.25) is 9.59 Å². The lowest BCUT2D eigenvalue weighted by atomic mass is 9.99. The van der Waals surface area contributed by atoms with Crippen LogP contribution in [0.25, 0.3) is 21.3 Å². The van der Waals surface area contributed by atoms with E-state index in [4.69, 9.17) is 0 Å². The number of fused-ring (bicyclic) bond motifs is 2. The summed E-state index contributed by atoms with van der Waals surface area (Å²) in [7, 11) is 0. The van der Waals surface area contributed by atoms with Gasteiger partial charge >= 0.3 is 0 Å². The third-order valence-electron chi connectivity index (χ3n) is 6.96. The lowest BCUT2D eigenvalue weighted by Gasteiger charge is -2.36. The van der Waals surface area contributed by atoms with Crippen molar-refractivity contribution in [3.05, 3.63) is 54.1 Å². The highest BCUT2D eigenvalue weighted by Gasteiger charge is 2.31. The third kappa shape index (κ3) is 5.44. The summed E-state index contributed by atoms with van der Waals surface area (Å²) < 4.78 is 15.1. The van der Waals surface area contributed by atoms with Crippen LogP contribution >= 0.6 is 11.3 Å². The first kappa shape index (κ1) is 25.1. The molecule has 0 aliphatic carbocycles. The third-order valence-corrected chi connectivity index (χ3v) is 7.92. The average molecular weight is 523 g/mol. The molecule has 0 bridgehead atoms. The lowest BCUT2D eigenvalue weighted by Crippen LogP contribution is -2.48. The summed E-state index contributed by atoms with van der Waals surface area (Å²) in [6.07, 6.45) is 3.99. The number of nitrogens with zero attached hydrogens (tertiary/aromatic N) is 3. The topological polar surface area (TPSA) is 103 Å². The summed E-state index contributed by atoms with van der Waals surface area (Å²) in [5, 5.41) is 6.76. The van der Waals surface area contributed by atoms with Gasteiger partial charge in [0, 0.05) is 12.6 Å². The zero-order chi connectivity index (χ0) is 25.9. The van der Waals surface area contributed by atoms with Crippen LogP contribution in [-0.4, -0.2) is 50.3 Å². The molecule has 0 spiro atoms. The fourth-order valence-corrected chi connectivity index (χ4v) is 5.86. The number of hydrogen-bond donors (Lipinski definition) is 3. The Morgan fingerprint density at radius 1 is 1.19 bits per heavy atom. The van der Waals surface area contributed by atoms with Crippen molar-refractivity contribution in [3.63, 3.8) is 0 Å². The quantitative estimate of drug-likeness (QED) is 0.297. The molecule has 10 heteroatoms. The molecule has 0 saturated carbocycles. The smallest absolute Gasteiger partial charge is 0.243 e. The number of imidazole rings is 1. The standard InChI is InChI=1S/C27H31FN6O2S/c1-3-17-9-6-7-14-34(17)23(35)15-21(32-27-31-19-11-4-5-13-22(19)37-27)26(36)29-16(2)25-30-20-12-8-10-18(28)24(20)33-25/h4-5,8,10-13,16-17,21H,3,6-7,9,14-15H2,1-2H3,(H,29,36)(H,30,33)(H,31,32)/t16?,17-,21?/m0/s1. The van der Waals surface area contributed by atoms with Gasteiger partial charge in [0.15, 0.2) is 10.9 Å². The highest BCUT2D eigenvalue weighted by Crippen LogP contribution is 2.27. The Bertz CT molecular complexity index is 1390. The molecule has 37 heavy (non-hydrogen) atoms. The molecule has 2 aromatic heterocycles. The van der Waals surface area contributed by atoms with Crippen LogP contribution in [-0.2, 0) is 9.59 Å². The van der Waals surface area contributed by atoms with Crippen LogP contribution in [0.1, 0.15) is 57.8 Å². The van der Waals surface area contributed by atoms with Gasteiger partial charge in [0.1, 0.15) is 17.4 Å². The number of hydrogen-bond acceptors (Lipinski definition) is 6. The Balaban J connectivity index is 1.36. The first-order chi connectivity index (χ1) is 17.9. The number of halogens is 1. The zero-order valence-electron chi connectivity index (χ0n) is 21.0. The van der Waals surface area contributed by atoms with E-state index < -0.39 is 17.9 Å². The summed E-state index contributed by atoms with van der Waals surface area (Å²) >= 11 is 1.44. The van der Waals surface area contributed by atoms with Crippen molar-refractivity contribution in [1.82, 2.24) is 25.2 Å². The van der Waals surface area contributed by atoms with Gasteiger partial charge in [0.25, 0.3) is 0 Å². The van der Waals surface area contributed by atoms with Crippen LogP contribution in [0, 0.1) is 5.82 Å². The van der Waals surface area contributed by atoms with Gasteiger partial charge in [-0.2, -0.15) is 0 Å². The van der Waals surface area contributed by atoms with E-state index in [0.29, 0.717) is 23.0 Å². The predicted octanol–water partition coefficient (Wildman–Crippen LogP) is 5.15. The Morgan fingerprint density at radius 2 is 2.03 bits per heavy atom. The largest absolute Gasteiger partial charge is 0.349 e. The number of nitrogens with one attached hydrogen (secondary N) is 3. The SMILES string of the molecule is CC[C@H]1CCCCN1C(=O)CC(Nc1nc2ccccc2s1)C(=O)NC(C)c1nc2c(F)cccc2[nH]1. The molecule has 2 aromatic carbocycles. The monoisotopic (exact) mass is 522 g/mol. The molecule has 3 heterocycles. The molecule has 1 aliphatic heterocycles. The number of anilines is 1. The van der Waals surface area contributed by atoms with Gasteiger partial charge in [-0.15, -0.1) is 0 Å². The summed E-state index contributed by atoms with van der Waals surface area (Å²) in [5.74, 6) is -0.364. The normalized spacial score (nSPS) is 17.6. The Morgan fingerprint density at radius 3 is 2.81 bits per heavy atom. The summed E-state index contributed by atoms with van der Waals surface area (Å²) in [5.41, 5.74) is 1.62. The molecule has 0 radical (unpaired) electrons. The van der Waals surface area contributed by atoms with Crippen LogP contribution < -0.4 is 10.6 Å². The Kier molecular flexibility index (Phi) is 7.36. The molecular formula is C27H31FN6O2S. The Labute approximate surface area is 218 Å². The first-order valence-electron chi connectivity index (χ1n) is 12.8. The average Bonchev–Trinajstić information content (AvgIpc) is 3.53. The number of aromatic nitrogens is 3. The molecule has 1 fully saturated rings. The van der Waals surface area contributed by atoms with E-state index in [-0.39, 0.29) is 29.8 Å². The second-order valence-corrected chi connectivity index (χ2v) is 10.6. The predicted molar refractivity (Wildman–Crippen MR) is 144 cm³/mol. The lowest BCUT2D eigenvalue weighted by molar-refractivity contribution is -0.137. The Hall–Kier alpha value is -3.53. The maximum atomic E-state index is 14.1. The minimum atomic E-state index is -0.823. The molecule has 3 atom stereocenters. The van der Waals surface area contributed by atoms with Crippen LogP contribution in [0.15, 0.2) is 42.5 Å². The highest BCUT2D eigenvalue weighted by molar-refractivity contribution is 7.22. The van der Waals surface area contributed by atoms with E-state index in [1.165, 1.54) is 17.4 Å². The van der Waals surface area contributed by atoms with Crippen molar-refractivity contribution >= 4 is 49.5 Å². The molecule has 194 valence electrons. The molecule has 2 unspecified atom stereocenters. The van der Waals surface area contributed by atoms with Gasteiger partial charge in [-0.25, -0.2) is 14.4 Å². The molecule has 8 nitrogen and oxygen atoms in total. The maximum absolute atomic E-state index is 14.1. The number of piperidine rings is 1. The fraction of sp³-hybridized carbons (Fsp3) is 0.407. The number of aromatic amines is 1. The molecule has 2 amide bonds. The van der Waals surface area contributed by atoms with E-state index in [1.54, 1.807) is 19.1 Å². The van der Waals surface area contributed by atoms with Crippen molar-refractivity contribution in [1.29, 1.82) is 0 Å². The number of thiazole rings is 1. The first-order valence-corrected chi connectivity index (χ1v) is 13.6. The summed E-state index contributed by atoms with van der Waals surface area (Å²) in [6, 6.07) is 11.3. The zero-order valence-corrected chi connectivity index (χ0v) is 21.8. The maximum Gasteiger partial charge on any atom is 0.243 e. The van der Waals surface area contributed by atoms with E-state index >= 15 is 0 Å². The van der Waals surface area contributed by atoms with Crippen LogP contribution in [0.5, 0.6) is 0 Å². The van der Waals surface area contributed by atoms with Crippen molar-refractivity contribution in [3.8, 4) is 0 Å². The number of benzene rings is 2. The minimum Gasteiger partial charge on any atom is -0.349 e. The van der Waals surface area contributed by atoms with E-state index in [2.05, 4.69) is 32.5 Å². The highest BCUT2D eigenvalue weighted by atomic mass is 32.1. The number of amides is 2. The molecule has 3 N–H and O–H groups in total. The van der Waals surface area contributed by atoms with Crippen molar-refractivity contribution in [2.45, 2.75) is 64.1 Å². The molecule has 1 saturated heterocycles. The van der Waals surface area contributed by atoms with Crippen molar-refractivity contribution in [2.24, 2.45) is 0 Å². The van der Waals surface area contributed by atoms with E-state index in [1.807, 2.05) is 29.2 Å². The number of para-hydroxylation sites is 2. The molecular weight excluding hydrogens is 491 g/mol. The second-order valence-electron chi connectivity index (χ2n) is 9.52. The van der Waals surface area contributed by atoms with Crippen molar-refractivity contribution in [2.75, 3.05) is 11.9 Å². The summed E-state index contributed by atoms with van der Waals surface area (Å²) in [6.45, 7) is 4.59. The van der Waals surface area contributed by atoms with E-state index in [0.717, 1.165) is 35.9 Å². The minimum absolute atomic E-state index is 0.0136. The molecule has 5 rings (SSSR count). The van der Waals surface area contributed by atoms with Crippen LogP contribution in [0.3, 0.4) is 0 Å². The van der Waals surface area contributed by atoms with Gasteiger partial charge in [0.05, 0.1) is 28.2 Å². The number of carbonyl (C=O) groups is 2. The molecule has 1 aliphatic rings. The van der Waals surface area contributed by atoms with Crippen LogP contribution in [0.2, 0.25) is 0 Å². The van der Waals surface area contributed by atoms with Crippen LogP contribution in [0.4, 0.5) is 9.52 Å².